The smallest absolute Gasteiger partial charge is 0.267 e. The normalized spacial score (nSPS) is 9.93. The maximum atomic E-state index is 11.1. The molecule has 82 valence electrons. The third-order valence-corrected chi connectivity index (χ3v) is 2.42. The molecule has 0 aromatic carbocycles. The molecule has 0 saturated carbocycles. The van der Waals surface area contributed by atoms with Gasteiger partial charge >= 0.3 is 0 Å². The van der Waals surface area contributed by atoms with E-state index in [0.717, 1.165) is 0 Å². The Labute approximate surface area is 94.4 Å². The molecule has 0 aliphatic heterocycles. The minimum atomic E-state index is -0.338. The van der Waals surface area contributed by atoms with Crippen LogP contribution >= 0.6 is 15.9 Å². The van der Waals surface area contributed by atoms with E-state index >= 15 is 0 Å². The maximum Gasteiger partial charge on any atom is 0.267 e. The van der Waals surface area contributed by atoms with E-state index in [1.165, 1.54) is 6.33 Å². The van der Waals surface area contributed by atoms with Crippen molar-refractivity contribution in [2.24, 2.45) is 5.73 Å². The van der Waals surface area contributed by atoms with Gasteiger partial charge in [0.25, 0.3) is 5.56 Å². The topological polar surface area (TPSA) is 101 Å². The summed E-state index contributed by atoms with van der Waals surface area (Å²) in [6.07, 6.45) is 2.23. The van der Waals surface area contributed by atoms with Crippen molar-refractivity contribution in [1.82, 2.24) is 9.97 Å². The first kappa shape index (κ1) is 11.7. The molecular formula is C8H11BrN4O2. The molecule has 0 saturated heterocycles. The van der Waals surface area contributed by atoms with Crippen LogP contribution < -0.4 is 16.6 Å². The highest BCUT2D eigenvalue weighted by molar-refractivity contribution is 9.10. The van der Waals surface area contributed by atoms with Crippen LogP contribution in [0.2, 0.25) is 0 Å². The molecule has 1 aromatic heterocycles. The van der Waals surface area contributed by atoms with Gasteiger partial charge in [-0.1, -0.05) is 0 Å². The zero-order valence-electron chi connectivity index (χ0n) is 7.92. The molecule has 7 heteroatoms. The van der Waals surface area contributed by atoms with Crippen molar-refractivity contribution in [3.8, 4) is 0 Å². The number of rotatable bonds is 5. The van der Waals surface area contributed by atoms with Gasteiger partial charge in [0, 0.05) is 13.0 Å². The highest BCUT2D eigenvalue weighted by Gasteiger charge is 2.03. The highest BCUT2D eigenvalue weighted by Crippen LogP contribution is 2.12. The summed E-state index contributed by atoms with van der Waals surface area (Å²) >= 11 is 3.10. The number of amides is 1. The second kappa shape index (κ2) is 5.50. The van der Waals surface area contributed by atoms with Crippen molar-refractivity contribution in [3.63, 3.8) is 0 Å². The summed E-state index contributed by atoms with van der Waals surface area (Å²) in [5.74, 6) is 0.123. The number of carbonyl (C=O) groups excluding carboxylic acids is 1. The lowest BCUT2D eigenvalue weighted by molar-refractivity contribution is -0.118. The third kappa shape index (κ3) is 3.70. The molecule has 0 atom stereocenters. The number of carbonyl (C=O) groups is 1. The van der Waals surface area contributed by atoms with Gasteiger partial charge in [-0.2, -0.15) is 0 Å². The van der Waals surface area contributed by atoms with Gasteiger partial charge < -0.3 is 16.0 Å². The van der Waals surface area contributed by atoms with E-state index < -0.39 is 0 Å². The molecule has 1 heterocycles. The summed E-state index contributed by atoms with van der Waals surface area (Å²) in [6, 6.07) is 0. The SMILES string of the molecule is NC(=O)CCCNc1nc[nH]c(=O)c1Br. The molecule has 0 aliphatic rings. The predicted molar refractivity (Wildman–Crippen MR) is 59.5 cm³/mol. The van der Waals surface area contributed by atoms with Crippen LogP contribution in [0.1, 0.15) is 12.8 Å². The van der Waals surface area contributed by atoms with E-state index in [9.17, 15) is 9.59 Å². The Kier molecular flexibility index (Phi) is 4.29. The maximum absolute atomic E-state index is 11.1. The van der Waals surface area contributed by atoms with Gasteiger partial charge in [0.05, 0.1) is 6.33 Å². The Morgan fingerprint density at radius 2 is 2.40 bits per heavy atom. The van der Waals surface area contributed by atoms with Crippen molar-refractivity contribution in [2.75, 3.05) is 11.9 Å². The Morgan fingerprint density at radius 1 is 1.67 bits per heavy atom. The highest BCUT2D eigenvalue weighted by atomic mass is 79.9. The number of halogens is 1. The zero-order valence-corrected chi connectivity index (χ0v) is 9.50. The molecule has 6 nitrogen and oxygen atoms in total. The summed E-state index contributed by atoms with van der Waals surface area (Å²) in [6.45, 7) is 0.540. The van der Waals surface area contributed by atoms with Crippen LogP contribution in [0.3, 0.4) is 0 Å². The molecule has 0 radical (unpaired) electrons. The van der Waals surface area contributed by atoms with Crippen LogP contribution in [0, 0.1) is 0 Å². The fourth-order valence-corrected chi connectivity index (χ4v) is 1.33. The van der Waals surface area contributed by atoms with E-state index in [-0.39, 0.29) is 11.5 Å². The molecule has 15 heavy (non-hydrogen) atoms. The summed E-state index contributed by atoms with van der Waals surface area (Å²) in [5, 5.41) is 2.92. The summed E-state index contributed by atoms with van der Waals surface area (Å²) in [4.78, 5) is 27.9. The molecule has 1 amide bonds. The number of nitrogens with one attached hydrogen (secondary N) is 2. The van der Waals surface area contributed by atoms with Crippen LogP contribution in [0.5, 0.6) is 0 Å². The van der Waals surface area contributed by atoms with Gasteiger partial charge in [0.1, 0.15) is 10.3 Å². The van der Waals surface area contributed by atoms with Gasteiger partial charge in [-0.3, -0.25) is 9.59 Å². The van der Waals surface area contributed by atoms with E-state index in [1.54, 1.807) is 0 Å². The second-order valence-electron chi connectivity index (χ2n) is 2.89. The number of hydrogen-bond acceptors (Lipinski definition) is 4. The van der Waals surface area contributed by atoms with Crippen LogP contribution in [0.25, 0.3) is 0 Å². The number of H-pyrrole nitrogens is 1. The van der Waals surface area contributed by atoms with Crippen molar-refractivity contribution < 1.29 is 4.79 Å². The van der Waals surface area contributed by atoms with Crippen LogP contribution in [-0.2, 0) is 4.79 Å². The van der Waals surface area contributed by atoms with Crippen molar-refractivity contribution in [1.29, 1.82) is 0 Å². The minimum Gasteiger partial charge on any atom is -0.370 e. The summed E-state index contributed by atoms with van der Waals surface area (Å²) in [7, 11) is 0. The molecule has 4 N–H and O–H groups in total. The monoisotopic (exact) mass is 274 g/mol. The lowest BCUT2D eigenvalue weighted by Gasteiger charge is -2.04. The largest absolute Gasteiger partial charge is 0.370 e. The van der Waals surface area contributed by atoms with Crippen molar-refractivity contribution in [2.45, 2.75) is 12.8 Å². The van der Waals surface area contributed by atoms with Gasteiger partial charge in [-0.05, 0) is 22.4 Å². The lowest BCUT2D eigenvalue weighted by Crippen LogP contribution is -2.15. The fourth-order valence-electron chi connectivity index (χ4n) is 0.976. The van der Waals surface area contributed by atoms with Crippen LogP contribution in [0.15, 0.2) is 15.6 Å². The van der Waals surface area contributed by atoms with E-state index in [2.05, 4.69) is 31.2 Å². The number of aromatic amines is 1. The number of primary amides is 1. The zero-order chi connectivity index (χ0) is 11.3. The van der Waals surface area contributed by atoms with Gasteiger partial charge in [0.2, 0.25) is 5.91 Å². The second-order valence-corrected chi connectivity index (χ2v) is 3.68. The molecule has 0 spiro atoms. The molecule has 0 unspecified atom stereocenters. The first-order valence-electron chi connectivity index (χ1n) is 4.36. The minimum absolute atomic E-state index is 0.248. The number of nitrogens with two attached hydrogens (primary N) is 1. The molecule has 1 aromatic rings. The average molecular weight is 275 g/mol. The average Bonchev–Trinajstić information content (AvgIpc) is 2.18. The quantitative estimate of drug-likeness (QED) is 0.668. The number of nitrogens with zero attached hydrogens (tertiary/aromatic N) is 1. The summed E-state index contributed by atoms with van der Waals surface area (Å²) < 4.78 is 0.351. The number of anilines is 1. The Bertz CT molecular complexity index is 404. The van der Waals surface area contributed by atoms with E-state index in [0.29, 0.717) is 29.7 Å². The summed E-state index contributed by atoms with van der Waals surface area (Å²) in [5.41, 5.74) is 4.73. The Balaban J connectivity index is 2.48. The Morgan fingerprint density at radius 3 is 3.07 bits per heavy atom. The van der Waals surface area contributed by atoms with Crippen molar-refractivity contribution >= 4 is 27.7 Å². The van der Waals surface area contributed by atoms with E-state index in [1.807, 2.05) is 0 Å². The number of aromatic nitrogens is 2. The third-order valence-electron chi connectivity index (χ3n) is 1.69. The molecule has 0 aliphatic carbocycles. The van der Waals surface area contributed by atoms with Gasteiger partial charge in [-0.15, -0.1) is 0 Å². The molecule has 1 rings (SSSR count). The fraction of sp³-hybridized carbons (Fsp3) is 0.375. The molecule has 0 bridgehead atoms. The van der Waals surface area contributed by atoms with Crippen LogP contribution in [-0.4, -0.2) is 22.4 Å². The predicted octanol–water partition coefficient (Wildman–Crippen LogP) is 0.210. The van der Waals surface area contributed by atoms with Crippen LogP contribution in [0.4, 0.5) is 5.82 Å². The van der Waals surface area contributed by atoms with Gasteiger partial charge in [0.15, 0.2) is 0 Å². The van der Waals surface area contributed by atoms with Gasteiger partial charge in [-0.25, -0.2) is 4.98 Å². The van der Waals surface area contributed by atoms with E-state index in [4.69, 9.17) is 5.73 Å². The lowest BCUT2D eigenvalue weighted by atomic mass is 10.3. The van der Waals surface area contributed by atoms with Crippen molar-refractivity contribution in [3.05, 3.63) is 21.2 Å². The first-order valence-corrected chi connectivity index (χ1v) is 5.16. The molecular weight excluding hydrogens is 264 g/mol. The number of hydrogen-bond donors (Lipinski definition) is 3. The molecule has 0 fully saturated rings. The Hall–Kier alpha value is -1.37. The first-order chi connectivity index (χ1) is 7.11. The standard InChI is InChI=1S/C8H11BrN4O2/c9-6-7(12-4-13-8(6)15)11-3-1-2-5(10)14/h4H,1-3H2,(H2,10,14)(H2,11,12,13,15).